The molecule has 0 saturated heterocycles. The summed E-state index contributed by atoms with van der Waals surface area (Å²) in [5.41, 5.74) is -2.06. The van der Waals surface area contributed by atoms with Crippen molar-refractivity contribution in [1.29, 1.82) is 0 Å². The molecule has 1 N–H and O–H groups in total. The van der Waals surface area contributed by atoms with E-state index in [4.69, 9.17) is 9.52 Å². The van der Waals surface area contributed by atoms with Crippen LogP contribution in [-0.2, 0) is 4.79 Å². The number of nitrogens with zero attached hydrogens (tertiary/aromatic N) is 3. The van der Waals surface area contributed by atoms with Crippen molar-refractivity contribution in [2.75, 3.05) is 5.01 Å². The molecule has 2 aromatic carbocycles. The third-order valence-corrected chi connectivity index (χ3v) is 4.78. The van der Waals surface area contributed by atoms with Crippen molar-refractivity contribution in [2.24, 2.45) is 5.10 Å². The van der Waals surface area contributed by atoms with Crippen LogP contribution < -0.4 is 5.01 Å². The number of furan rings is 1. The Hall–Kier alpha value is -4.74. The zero-order chi connectivity index (χ0) is 24.6. The number of aromatic carboxylic acids is 1. The van der Waals surface area contributed by atoms with Gasteiger partial charge in [-0.2, -0.15) is 23.3 Å². The van der Waals surface area contributed by atoms with Crippen LogP contribution in [0.25, 0.3) is 17.4 Å². The summed E-state index contributed by atoms with van der Waals surface area (Å²) in [6, 6.07) is 12.7. The van der Waals surface area contributed by atoms with Crippen molar-refractivity contribution in [2.45, 2.75) is 6.18 Å². The Morgan fingerprint density at radius 1 is 1.06 bits per heavy atom. The smallest absolute Gasteiger partial charge is 0.435 e. The molecule has 3 aromatic rings. The Labute approximate surface area is 188 Å². The molecule has 34 heavy (non-hydrogen) atoms. The van der Waals surface area contributed by atoms with Crippen molar-refractivity contribution in [3.8, 4) is 11.3 Å². The summed E-state index contributed by atoms with van der Waals surface area (Å²) in [7, 11) is 0. The lowest BCUT2D eigenvalue weighted by atomic mass is 10.1. The lowest BCUT2D eigenvalue weighted by Crippen LogP contribution is -2.25. The molecule has 0 saturated carbocycles. The van der Waals surface area contributed by atoms with E-state index in [2.05, 4.69) is 5.10 Å². The molecule has 4 rings (SSSR count). The number of amides is 1. The summed E-state index contributed by atoms with van der Waals surface area (Å²) in [5.74, 6) is -2.17. The normalized spacial score (nSPS) is 15.0. The highest BCUT2D eigenvalue weighted by Gasteiger charge is 2.47. The molecule has 0 unspecified atom stereocenters. The van der Waals surface area contributed by atoms with Gasteiger partial charge >= 0.3 is 12.1 Å². The summed E-state index contributed by atoms with van der Waals surface area (Å²) < 4.78 is 46.3. The summed E-state index contributed by atoms with van der Waals surface area (Å²) in [5, 5.41) is 23.7. The van der Waals surface area contributed by atoms with Crippen molar-refractivity contribution < 1.29 is 37.2 Å². The topological polar surface area (TPSA) is 126 Å². The molecule has 1 aromatic heterocycles. The van der Waals surface area contributed by atoms with Gasteiger partial charge in [-0.05, 0) is 54.6 Å². The van der Waals surface area contributed by atoms with Crippen molar-refractivity contribution in [1.82, 2.24) is 0 Å². The highest BCUT2D eigenvalue weighted by atomic mass is 19.4. The molecule has 2 heterocycles. The van der Waals surface area contributed by atoms with Crippen LogP contribution in [0, 0.1) is 10.1 Å². The Morgan fingerprint density at radius 3 is 2.26 bits per heavy atom. The van der Waals surface area contributed by atoms with Crippen LogP contribution in [0.1, 0.15) is 16.1 Å². The minimum Gasteiger partial charge on any atom is -0.478 e. The van der Waals surface area contributed by atoms with Crippen LogP contribution in [0.5, 0.6) is 0 Å². The van der Waals surface area contributed by atoms with Gasteiger partial charge in [0.1, 0.15) is 11.5 Å². The number of nitro groups is 1. The second-order valence-corrected chi connectivity index (χ2v) is 6.98. The number of carbonyl (C=O) groups excluding carboxylic acids is 1. The van der Waals surface area contributed by atoms with E-state index >= 15 is 0 Å². The van der Waals surface area contributed by atoms with Gasteiger partial charge < -0.3 is 9.52 Å². The van der Waals surface area contributed by atoms with E-state index in [-0.39, 0.29) is 28.5 Å². The molecular weight excluding hydrogens is 459 g/mol. The molecule has 12 heteroatoms. The van der Waals surface area contributed by atoms with Crippen LogP contribution >= 0.6 is 0 Å². The SMILES string of the molecule is O=C(O)c1ccc(N2N=C(C(F)(F)F)/C(=C/c3ccc(-c4ccc([N+](=O)[O-])cc4)o3)C2=O)cc1. The van der Waals surface area contributed by atoms with Crippen LogP contribution in [-0.4, -0.2) is 33.8 Å². The number of nitro benzene ring substituents is 1. The molecular formula is C22H12F3N3O6. The quantitative estimate of drug-likeness (QED) is 0.320. The molecule has 9 nitrogen and oxygen atoms in total. The van der Waals surface area contributed by atoms with Crippen LogP contribution in [0.3, 0.4) is 0 Å². The number of hydrogen-bond donors (Lipinski definition) is 1. The molecule has 0 atom stereocenters. The molecule has 0 fully saturated rings. The average molecular weight is 471 g/mol. The summed E-state index contributed by atoms with van der Waals surface area (Å²) in [6.45, 7) is 0. The van der Waals surface area contributed by atoms with Crippen molar-refractivity contribution >= 4 is 35.0 Å². The number of halogens is 3. The first-order chi connectivity index (χ1) is 16.0. The van der Waals surface area contributed by atoms with Crippen LogP contribution in [0.2, 0.25) is 0 Å². The molecule has 1 amide bonds. The Morgan fingerprint density at radius 2 is 1.71 bits per heavy atom. The Bertz CT molecular complexity index is 1360. The monoisotopic (exact) mass is 471 g/mol. The number of carbonyl (C=O) groups is 2. The summed E-state index contributed by atoms with van der Waals surface area (Å²) in [6.07, 6.45) is -4.06. The number of anilines is 1. The number of carboxylic acid groups (broad SMARTS) is 1. The minimum absolute atomic E-state index is 0.0498. The number of alkyl halides is 3. The van der Waals surface area contributed by atoms with Gasteiger partial charge in [-0.3, -0.25) is 14.9 Å². The van der Waals surface area contributed by atoms with Gasteiger partial charge in [0.05, 0.1) is 21.7 Å². The summed E-state index contributed by atoms with van der Waals surface area (Å²) >= 11 is 0. The van der Waals surface area contributed by atoms with Crippen molar-refractivity contribution in [3.63, 3.8) is 0 Å². The van der Waals surface area contributed by atoms with E-state index < -0.39 is 34.3 Å². The van der Waals surface area contributed by atoms with Crippen LogP contribution in [0.15, 0.2) is 75.8 Å². The fourth-order valence-corrected chi connectivity index (χ4v) is 3.15. The first-order valence-corrected chi connectivity index (χ1v) is 9.45. The van der Waals surface area contributed by atoms with Gasteiger partial charge in [0.2, 0.25) is 0 Å². The zero-order valence-corrected chi connectivity index (χ0v) is 16.8. The van der Waals surface area contributed by atoms with Crippen LogP contribution in [0.4, 0.5) is 24.5 Å². The predicted molar refractivity (Wildman–Crippen MR) is 113 cm³/mol. The zero-order valence-electron chi connectivity index (χ0n) is 16.8. The number of rotatable bonds is 5. The van der Waals surface area contributed by atoms with Gasteiger partial charge in [0.15, 0.2) is 5.71 Å². The average Bonchev–Trinajstić information content (AvgIpc) is 3.39. The second-order valence-electron chi connectivity index (χ2n) is 6.98. The van der Waals surface area contributed by atoms with Gasteiger partial charge in [0, 0.05) is 17.7 Å². The van der Waals surface area contributed by atoms with E-state index in [0.717, 1.165) is 18.2 Å². The number of benzene rings is 2. The van der Waals surface area contributed by atoms with E-state index in [1.54, 1.807) is 0 Å². The predicted octanol–water partition coefficient (Wildman–Crippen LogP) is 4.90. The maximum absolute atomic E-state index is 13.6. The molecule has 0 aliphatic carbocycles. The third kappa shape index (κ3) is 4.28. The van der Waals surface area contributed by atoms with Gasteiger partial charge in [-0.1, -0.05) is 0 Å². The molecule has 1 aliphatic rings. The second kappa shape index (κ2) is 8.31. The Balaban J connectivity index is 1.67. The first kappa shape index (κ1) is 22.5. The maximum atomic E-state index is 13.6. The number of non-ortho nitro benzene ring substituents is 1. The fraction of sp³-hybridized carbons (Fsp3) is 0.0455. The molecule has 172 valence electrons. The molecule has 0 bridgehead atoms. The maximum Gasteiger partial charge on any atom is 0.435 e. The highest BCUT2D eigenvalue weighted by Crippen LogP contribution is 2.33. The van der Waals surface area contributed by atoms with E-state index in [1.165, 1.54) is 48.5 Å². The Kier molecular flexibility index (Phi) is 5.49. The van der Waals surface area contributed by atoms with Gasteiger partial charge in [-0.15, -0.1) is 0 Å². The molecule has 0 radical (unpaired) electrons. The largest absolute Gasteiger partial charge is 0.478 e. The molecule has 0 spiro atoms. The van der Waals surface area contributed by atoms with Gasteiger partial charge in [0.25, 0.3) is 11.6 Å². The highest BCUT2D eigenvalue weighted by molar-refractivity contribution is 6.34. The standard InChI is InChI=1S/C22H12F3N3O6/c23-22(24,25)19-17(20(29)27(26-19)14-5-3-13(4-6-14)21(30)31)11-16-9-10-18(34-16)12-1-7-15(8-2-12)28(32)33/h1-11H,(H,30,31)/b17-11-. The number of carboxylic acids is 1. The number of hydrazone groups is 1. The fourth-order valence-electron chi connectivity index (χ4n) is 3.15. The van der Waals surface area contributed by atoms with E-state index in [1.807, 2.05) is 0 Å². The lowest BCUT2D eigenvalue weighted by molar-refractivity contribution is -0.384. The van der Waals surface area contributed by atoms with E-state index in [9.17, 15) is 32.9 Å². The number of hydrogen-bond acceptors (Lipinski definition) is 6. The summed E-state index contributed by atoms with van der Waals surface area (Å²) in [4.78, 5) is 34.0. The minimum atomic E-state index is -4.95. The first-order valence-electron chi connectivity index (χ1n) is 9.45. The third-order valence-electron chi connectivity index (χ3n) is 4.78. The molecule has 1 aliphatic heterocycles. The van der Waals surface area contributed by atoms with Crippen molar-refractivity contribution in [3.05, 3.63) is 87.7 Å². The van der Waals surface area contributed by atoms with Gasteiger partial charge in [-0.25, -0.2) is 4.79 Å². The lowest BCUT2D eigenvalue weighted by Gasteiger charge is -2.11. The van der Waals surface area contributed by atoms with E-state index in [0.29, 0.717) is 10.6 Å².